The van der Waals surface area contributed by atoms with Crippen LogP contribution in [0, 0.1) is 17.3 Å². The molecule has 0 radical (unpaired) electrons. The number of carboxylic acids is 1. The third kappa shape index (κ3) is 1.65. The summed E-state index contributed by atoms with van der Waals surface area (Å²) >= 11 is 0. The summed E-state index contributed by atoms with van der Waals surface area (Å²) in [6, 6.07) is 0. The van der Waals surface area contributed by atoms with Gasteiger partial charge in [-0.05, 0) is 51.4 Å². The van der Waals surface area contributed by atoms with Gasteiger partial charge in [0.1, 0.15) is 0 Å². The molecule has 2 fully saturated rings. The first kappa shape index (κ1) is 9.97. The maximum atomic E-state index is 11.3. The number of fused-ring (bicyclic) bond motifs is 1. The Labute approximate surface area is 84.1 Å². The van der Waals surface area contributed by atoms with E-state index < -0.39 is 17.0 Å². The highest BCUT2D eigenvalue weighted by atomic mass is 16.4. The molecule has 2 aliphatic rings. The highest BCUT2D eigenvalue weighted by Crippen LogP contribution is 2.62. The fourth-order valence-corrected chi connectivity index (χ4v) is 3.12. The van der Waals surface area contributed by atoms with Crippen molar-refractivity contribution in [2.75, 3.05) is 0 Å². The van der Waals surface area contributed by atoms with Crippen molar-refractivity contribution in [1.29, 1.82) is 0 Å². The van der Waals surface area contributed by atoms with Gasteiger partial charge in [0.15, 0.2) is 0 Å². The highest BCUT2D eigenvalue weighted by molar-refractivity contribution is 5.75. The van der Waals surface area contributed by atoms with E-state index in [9.17, 15) is 15.0 Å². The molecule has 2 rings (SSSR count). The Bertz CT molecular complexity index is 254. The molecule has 0 saturated heterocycles. The Morgan fingerprint density at radius 3 is 2.29 bits per heavy atom. The summed E-state index contributed by atoms with van der Waals surface area (Å²) in [6.45, 7) is 3.39. The van der Waals surface area contributed by atoms with Crippen molar-refractivity contribution in [3.63, 3.8) is 0 Å². The minimum Gasteiger partial charge on any atom is -0.481 e. The summed E-state index contributed by atoms with van der Waals surface area (Å²) in [5.74, 6) is 0.550. The molecule has 0 aliphatic heterocycles. The molecule has 2 N–H and O–H groups in total. The van der Waals surface area contributed by atoms with Gasteiger partial charge < -0.3 is 10.2 Å². The zero-order chi connectivity index (χ0) is 10.6. The number of aliphatic hydroxyl groups is 1. The first-order chi connectivity index (χ1) is 6.32. The van der Waals surface area contributed by atoms with Crippen molar-refractivity contribution in [3.8, 4) is 0 Å². The predicted molar refractivity (Wildman–Crippen MR) is 51.8 cm³/mol. The maximum absolute atomic E-state index is 11.3. The van der Waals surface area contributed by atoms with E-state index in [4.69, 9.17) is 0 Å². The molecule has 0 bridgehead atoms. The molecule has 0 amide bonds. The van der Waals surface area contributed by atoms with E-state index in [1.165, 1.54) is 6.42 Å². The first-order valence-electron chi connectivity index (χ1n) is 5.28. The van der Waals surface area contributed by atoms with Crippen LogP contribution in [0.25, 0.3) is 0 Å². The molecule has 80 valence electrons. The molecule has 2 aliphatic carbocycles. The molecule has 0 aromatic heterocycles. The maximum Gasteiger partial charge on any atom is 0.309 e. The number of aliphatic carboxylic acids is 1. The molecular formula is C11H18O3. The lowest BCUT2D eigenvalue weighted by atomic mass is 9.75. The van der Waals surface area contributed by atoms with Gasteiger partial charge in [-0.25, -0.2) is 0 Å². The largest absolute Gasteiger partial charge is 0.481 e. The minimum atomic E-state index is -0.866. The summed E-state index contributed by atoms with van der Waals surface area (Å²) < 4.78 is 0. The average Bonchev–Trinajstić information content (AvgIpc) is 2.56. The molecule has 3 heteroatoms. The van der Waals surface area contributed by atoms with Gasteiger partial charge in [0.2, 0.25) is 0 Å². The molecule has 2 unspecified atom stereocenters. The number of rotatable bonds is 3. The van der Waals surface area contributed by atoms with Crippen LogP contribution in [0.15, 0.2) is 0 Å². The molecule has 2 atom stereocenters. The van der Waals surface area contributed by atoms with Crippen molar-refractivity contribution in [3.05, 3.63) is 0 Å². The first-order valence-corrected chi connectivity index (χ1v) is 5.28. The second-order valence-corrected chi connectivity index (χ2v) is 5.74. The molecule has 0 aromatic carbocycles. The van der Waals surface area contributed by atoms with Crippen LogP contribution in [0.3, 0.4) is 0 Å². The van der Waals surface area contributed by atoms with Crippen molar-refractivity contribution in [1.82, 2.24) is 0 Å². The van der Waals surface area contributed by atoms with Gasteiger partial charge >= 0.3 is 5.97 Å². The van der Waals surface area contributed by atoms with E-state index in [2.05, 4.69) is 0 Å². The average molecular weight is 198 g/mol. The summed E-state index contributed by atoms with van der Waals surface area (Å²) in [7, 11) is 0. The standard InChI is InChI=1S/C11H18O3/c1-10(2,14)6-11(9(12)13)4-7-3-8(7)5-11/h7-8,14H,3-6H2,1-2H3,(H,12,13). The minimum absolute atomic E-state index is 0.391. The number of carboxylic acid groups (broad SMARTS) is 1. The second kappa shape index (κ2) is 2.72. The Balaban J connectivity index is 2.12. The fraction of sp³-hybridized carbons (Fsp3) is 0.909. The van der Waals surface area contributed by atoms with Gasteiger partial charge in [-0.15, -0.1) is 0 Å². The van der Waals surface area contributed by atoms with Crippen molar-refractivity contribution >= 4 is 5.97 Å². The van der Waals surface area contributed by atoms with Crippen molar-refractivity contribution in [2.24, 2.45) is 17.3 Å². The van der Waals surface area contributed by atoms with E-state index >= 15 is 0 Å². The number of hydrogen-bond acceptors (Lipinski definition) is 2. The van der Waals surface area contributed by atoms with Gasteiger partial charge in [-0.3, -0.25) is 4.79 Å². The van der Waals surface area contributed by atoms with Crippen molar-refractivity contribution in [2.45, 2.75) is 45.1 Å². The second-order valence-electron chi connectivity index (χ2n) is 5.74. The Morgan fingerprint density at radius 1 is 1.43 bits per heavy atom. The van der Waals surface area contributed by atoms with Gasteiger partial charge in [0.05, 0.1) is 11.0 Å². The molecule has 0 spiro atoms. The summed E-state index contributed by atoms with van der Waals surface area (Å²) in [5, 5.41) is 19.0. The smallest absolute Gasteiger partial charge is 0.309 e. The molecule has 0 heterocycles. The Kier molecular flexibility index (Phi) is 1.94. The van der Waals surface area contributed by atoms with Gasteiger partial charge in [0, 0.05) is 0 Å². The van der Waals surface area contributed by atoms with Crippen LogP contribution in [-0.4, -0.2) is 21.8 Å². The van der Waals surface area contributed by atoms with Crippen LogP contribution in [0.1, 0.15) is 39.5 Å². The molecule has 14 heavy (non-hydrogen) atoms. The van der Waals surface area contributed by atoms with E-state index in [0.717, 1.165) is 12.8 Å². The van der Waals surface area contributed by atoms with Crippen LogP contribution < -0.4 is 0 Å². The van der Waals surface area contributed by atoms with Crippen LogP contribution in [0.4, 0.5) is 0 Å². The van der Waals surface area contributed by atoms with Crippen molar-refractivity contribution < 1.29 is 15.0 Å². The fourth-order valence-electron chi connectivity index (χ4n) is 3.12. The predicted octanol–water partition coefficient (Wildman–Crippen LogP) is 1.65. The Morgan fingerprint density at radius 2 is 1.93 bits per heavy atom. The number of carbonyl (C=O) groups is 1. The summed E-state index contributed by atoms with van der Waals surface area (Å²) in [4.78, 5) is 11.3. The summed E-state index contributed by atoms with van der Waals surface area (Å²) in [5.41, 5.74) is -1.50. The molecular weight excluding hydrogens is 180 g/mol. The Hall–Kier alpha value is -0.570. The normalized spacial score (nSPS) is 40.8. The van der Waals surface area contributed by atoms with E-state index in [1.807, 2.05) is 0 Å². The monoisotopic (exact) mass is 198 g/mol. The van der Waals surface area contributed by atoms with Gasteiger partial charge in [0.25, 0.3) is 0 Å². The number of hydrogen-bond donors (Lipinski definition) is 2. The van der Waals surface area contributed by atoms with E-state index in [-0.39, 0.29) is 0 Å². The molecule has 2 saturated carbocycles. The third-order valence-electron chi connectivity index (χ3n) is 3.60. The SMILES string of the molecule is CC(C)(O)CC1(C(=O)O)CC2CC2C1. The molecule has 0 aromatic rings. The van der Waals surface area contributed by atoms with Crippen LogP contribution in [0.2, 0.25) is 0 Å². The van der Waals surface area contributed by atoms with Crippen LogP contribution in [-0.2, 0) is 4.79 Å². The lowest BCUT2D eigenvalue weighted by molar-refractivity contribution is -0.153. The van der Waals surface area contributed by atoms with Gasteiger partial charge in [-0.1, -0.05) is 0 Å². The lowest BCUT2D eigenvalue weighted by Gasteiger charge is -2.32. The third-order valence-corrected chi connectivity index (χ3v) is 3.60. The zero-order valence-electron chi connectivity index (χ0n) is 8.79. The quantitative estimate of drug-likeness (QED) is 0.725. The highest BCUT2D eigenvalue weighted by Gasteiger charge is 2.58. The van der Waals surface area contributed by atoms with E-state index in [1.54, 1.807) is 13.8 Å². The van der Waals surface area contributed by atoms with Gasteiger partial charge in [-0.2, -0.15) is 0 Å². The zero-order valence-corrected chi connectivity index (χ0v) is 8.79. The van der Waals surface area contributed by atoms with Crippen LogP contribution in [0.5, 0.6) is 0 Å². The molecule has 3 nitrogen and oxygen atoms in total. The van der Waals surface area contributed by atoms with E-state index in [0.29, 0.717) is 18.3 Å². The van der Waals surface area contributed by atoms with Crippen LogP contribution >= 0.6 is 0 Å². The summed E-state index contributed by atoms with van der Waals surface area (Å²) in [6.07, 6.45) is 3.15. The lowest BCUT2D eigenvalue weighted by Crippen LogP contribution is -2.37. The topological polar surface area (TPSA) is 57.5 Å².